The van der Waals surface area contributed by atoms with Gasteiger partial charge in [-0.2, -0.15) is 0 Å². The van der Waals surface area contributed by atoms with Gasteiger partial charge in [0.25, 0.3) is 13.4 Å². The van der Waals surface area contributed by atoms with E-state index in [1.807, 2.05) is 0 Å². The summed E-state index contributed by atoms with van der Waals surface area (Å²) in [5.74, 6) is 0. The van der Waals surface area contributed by atoms with Gasteiger partial charge in [0.1, 0.15) is 0 Å². The molecule has 0 radical (unpaired) electrons. The van der Waals surface area contributed by atoms with Crippen molar-refractivity contribution >= 4 is 153 Å². The van der Waals surface area contributed by atoms with Crippen LogP contribution >= 0.6 is 0 Å². The normalized spacial score (nSPS) is 13.9. The molecule has 2 aromatic heterocycles. The van der Waals surface area contributed by atoms with Crippen LogP contribution in [0.1, 0.15) is 0 Å². The van der Waals surface area contributed by atoms with E-state index in [0.29, 0.717) is 0 Å². The summed E-state index contributed by atoms with van der Waals surface area (Å²) in [6.45, 7) is -0.00543. The molecule has 0 N–H and O–H groups in total. The van der Waals surface area contributed by atoms with Gasteiger partial charge in [-0.1, -0.05) is 140 Å². The highest BCUT2D eigenvalue weighted by molar-refractivity contribution is 7.01. The van der Waals surface area contributed by atoms with Crippen molar-refractivity contribution in [2.45, 2.75) is 0 Å². The van der Waals surface area contributed by atoms with E-state index in [1.165, 1.54) is 116 Å². The van der Waals surface area contributed by atoms with Crippen molar-refractivity contribution < 1.29 is 0 Å². The van der Waals surface area contributed by atoms with Crippen LogP contribution in [0.15, 0.2) is 249 Å². The van der Waals surface area contributed by atoms with Crippen LogP contribution in [-0.2, 0) is 0 Å². The van der Waals surface area contributed by atoms with E-state index in [1.54, 1.807) is 0 Å². The molecule has 13 aromatic rings. The van der Waals surface area contributed by atoms with Crippen molar-refractivity contribution in [1.29, 1.82) is 0 Å². The number of hydrogen-bond donors (Lipinski definition) is 0. The second kappa shape index (κ2) is 14.6. The van der Waals surface area contributed by atoms with E-state index in [0.717, 1.165) is 22.7 Å². The van der Waals surface area contributed by atoms with Crippen LogP contribution in [0.5, 0.6) is 0 Å². The fourth-order valence-corrected chi connectivity index (χ4v) is 13.6. The van der Waals surface area contributed by atoms with E-state index in [2.05, 4.69) is 273 Å². The second-order valence-corrected chi connectivity index (χ2v) is 20.0. The zero-order valence-electron chi connectivity index (χ0n) is 39.6. The second-order valence-electron chi connectivity index (χ2n) is 20.0. The molecule has 4 aliphatic rings. The standard InChI is InChI=1S/C66H41B2N5/c1-5-20-42(21-6-1)69-54-32-15-13-30-50(54)67-52-40-60-48(38-62(52)71(44-24-9-3-10-25-44)58-36-18-34-56(69)64(58)67)46-28-17-29-47-49-39-63-53(41-61(49)73(60)66(46)47)68-51-31-14-16-33-55(51)70(43-22-7-2-8-23-43)57-35-19-37-59(65(57)68)72(63)45-26-11-4-12-27-45/h1-41H. The van der Waals surface area contributed by atoms with Crippen molar-refractivity contribution in [3.05, 3.63) is 249 Å². The van der Waals surface area contributed by atoms with Gasteiger partial charge >= 0.3 is 0 Å². The SMILES string of the molecule is c1ccc(N2c3ccccc3B3c4cc5c(cc4N(c4ccccc4)c4cccc2c43)c2cccc3c4cc6c(cc4n5c23)B2c3ccccc3N(c3ccccc3)c3cccc(c32)N6c2ccccc2)cc1. The van der Waals surface area contributed by atoms with E-state index < -0.39 is 0 Å². The summed E-state index contributed by atoms with van der Waals surface area (Å²) >= 11 is 0. The topological polar surface area (TPSA) is 17.4 Å². The van der Waals surface area contributed by atoms with Gasteiger partial charge in [0.2, 0.25) is 0 Å². The van der Waals surface area contributed by atoms with Gasteiger partial charge in [-0.05, 0) is 142 Å². The summed E-state index contributed by atoms with van der Waals surface area (Å²) in [5, 5.41) is 5.05. The lowest BCUT2D eigenvalue weighted by Crippen LogP contribution is -2.61. The Labute approximate surface area is 423 Å². The third-order valence-corrected chi connectivity index (χ3v) is 16.4. The molecule has 0 saturated carbocycles. The monoisotopic (exact) mass is 925 g/mol. The number of hydrogen-bond acceptors (Lipinski definition) is 4. The summed E-state index contributed by atoms with van der Waals surface area (Å²) < 4.78 is 2.62. The Morgan fingerprint density at radius 2 is 0.548 bits per heavy atom. The highest BCUT2D eigenvalue weighted by Gasteiger charge is 2.46. The largest absolute Gasteiger partial charge is 0.311 e. The van der Waals surface area contributed by atoms with Crippen LogP contribution in [0.2, 0.25) is 0 Å². The minimum Gasteiger partial charge on any atom is -0.311 e. The lowest BCUT2D eigenvalue weighted by Gasteiger charge is -2.44. The number of aromatic nitrogens is 1. The number of fused-ring (bicyclic) bond motifs is 14. The first kappa shape index (κ1) is 39.3. The molecule has 6 heterocycles. The highest BCUT2D eigenvalue weighted by atomic mass is 15.2. The summed E-state index contributed by atoms with van der Waals surface area (Å²) in [4.78, 5) is 9.99. The van der Waals surface area contributed by atoms with Gasteiger partial charge < -0.3 is 24.0 Å². The Balaban J connectivity index is 0.970. The van der Waals surface area contributed by atoms with Gasteiger partial charge in [0.05, 0.1) is 16.6 Å². The van der Waals surface area contributed by atoms with Crippen LogP contribution in [0.4, 0.5) is 68.2 Å². The van der Waals surface area contributed by atoms with E-state index in [9.17, 15) is 0 Å². The fraction of sp³-hybridized carbons (Fsp3) is 0. The third kappa shape index (κ3) is 5.17. The Hall–Kier alpha value is -9.45. The molecule has 0 bridgehead atoms. The summed E-state index contributed by atoms with van der Waals surface area (Å²) in [6, 6.07) is 92.7. The zero-order valence-corrected chi connectivity index (χ0v) is 39.6. The first-order chi connectivity index (χ1) is 36.3. The van der Waals surface area contributed by atoms with Crippen LogP contribution < -0.4 is 52.4 Å². The number of benzene rings is 11. The number of nitrogens with zero attached hydrogens (tertiary/aromatic N) is 5. The molecular formula is C66H41B2N5. The molecule has 73 heavy (non-hydrogen) atoms. The first-order valence-electron chi connectivity index (χ1n) is 25.4. The predicted octanol–water partition coefficient (Wildman–Crippen LogP) is 13.0. The molecular weight excluding hydrogens is 884 g/mol. The van der Waals surface area contributed by atoms with E-state index in [-0.39, 0.29) is 13.4 Å². The maximum Gasteiger partial charge on any atom is 0.252 e. The number of para-hydroxylation sites is 7. The molecule has 11 aromatic carbocycles. The van der Waals surface area contributed by atoms with Gasteiger partial charge in [0.15, 0.2) is 0 Å². The lowest BCUT2D eigenvalue weighted by atomic mass is 9.33. The molecule has 0 saturated heterocycles. The lowest BCUT2D eigenvalue weighted by molar-refractivity contribution is 1.25. The Morgan fingerprint density at radius 1 is 0.233 bits per heavy atom. The summed E-state index contributed by atoms with van der Waals surface area (Å²) in [5.41, 5.74) is 25.9. The molecule has 4 aliphatic heterocycles. The van der Waals surface area contributed by atoms with Crippen molar-refractivity contribution in [3.8, 4) is 0 Å². The van der Waals surface area contributed by atoms with Gasteiger partial charge in [-0.3, -0.25) is 0 Å². The molecule has 0 fully saturated rings. The predicted molar refractivity (Wildman–Crippen MR) is 309 cm³/mol. The number of rotatable bonds is 4. The molecule has 5 nitrogen and oxygen atoms in total. The molecule has 336 valence electrons. The Morgan fingerprint density at radius 3 is 0.932 bits per heavy atom. The molecule has 0 spiro atoms. The van der Waals surface area contributed by atoms with Gasteiger partial charge in [-0.25, -0.2) is 0 Å². The molecule has 0 aliphatic carbocycles. The van der Waals surface area contributed by atoms with Crippen molar-refractivity contribution in [3.63, 3.8) is 0 Å². The summed E-state index contributed by atoms with van der Waals surface area (Å²) in [7, 11) is 0. The minimum atomic E-state index is -0.00272. The van der Waals surface area contributed by atoms with Gasteiger partial charge in [-0.15, -0.1) is 0 Å². The average molecular weight is 926 g/mol. The average Bonchev–Trinajstić information content (AvgIpc) is 3.96. The van der Waals surface area contributed by atoms with Crippen molar-refractivity contribution in [2.75, 3.05) is 19.6 Å². The van der Waals surface area contributed by atoms with Gasteiger partial charge in [0, 0.05) is 89.8 Å². The van der Waals surface area contributed by atoms with Crippen LogP contribution in [0, 0.1) is 0 Å². The van der Waals surface area contributed by atoms with Crippen molar-refractivity contribution in [2.24, 2.45) is 0 Å². The van der Waals surface area contributed by atoms with Crippen LogP contribution in [0.25, 0.3) is 38.1 Å². The fourth-order valence-electron chi connectivity index (χ4n) is 13.6. The molecule has 0 unspecified atom stereocenters. The first-order valence-corrected chi connectivity index (χ1v) is 25.4. The molecule has 0 amide bonds. The van der Waals surface area contributed by atoms with Crippen molar-refractivity contribution in [1.82, 2.24) is 4.40 Å². The maximum atomic E-state index is 2.62. The van der Waals surface area contributed by atoms with E-state index in [4.69, 9.17) is 0 Å². The number of anilines is 12. The van der Waals surface area contributed by atoms with Crippen LogP contribution in [-0.4, -0.2) is 17.8 Å². The molecule has 0 atom stereocenters. The Kier molecular flexibility index (Phi) is 7.84. The zero-order chi connectivity index (χ0) is 47.5. The summed E-state index contributed by atoms with van der Waals surface area (Å²) in [6.07, 6.45) is 0. The quantitative estimate of drug-likeness (QED) is 0.164. The van der Waals surface area contributed by atoms with E-state index >= 15 is 0 Å². The molecule has 7 heteroatoms. The maximum absolute atomic E-state index is 2.62. The molecule has 17 rings (SSSR count). The third-order valence-electron chi connectivity index (χ3n) is 16.4. The van der Waals surface area contributed by atoms with Crippen LogP contribution in [0.3, 0.4) is 0 Å². The smallest absolute Gasteiger partial charge is 0.252 e. The minimum absolute atomic E-state index is 0.00272. The highest BCUT2D eigenvalue weighted by Crippen LogP contribution is 2.49. The Bertz CT molecular complexity index is 4150.